The first kappa shape index (κ1) is 21.2. The fourth-order valence-corrected chi connectivity index (χ4v) is 4.92. The molecule has 1 amide bonds. The zero-order valence-corrected chi connectivity index (χ0v) is 18.6. The van der Waals surface area contributed by atoms with Crippen molar-refractivity contribution in [3.8, 4) is 5.75 Å². The van der Waals surface area contributed by atoms with Gasteiger partial charge in [0.25, 0.3) is 15.9 Å². The molecule has 1 atom stereocenters. The SMILES string of the molecule is Cc1ccc(NC(=O)C2CN(S(=O)(=O)c3ccc(C)cc3)c3cc(Cl)ccc3O2)cc1. The Morgan fingerprint density at radius 1 is 1.00 bits per heavy atom. The molecule has 0 bridgehead atoms. The van der Waals surface area contributed by atoms with Gasteiger partial charge in [0.05, 0.1) is 17.1 Å². The topological polar surface area (TPSA) is 75.7 Å². The highest BCUT2D eigenvalue weighted by Gasteiger charge is 2.37. The molecule has 1 unspecified atom stereocenters. The van der Waals surface area contributed by atoms with E-state index in [-0.39, 0.29) is 17.2 Å². The number of fused-ring (bicyclic) bond motifs is 1. The zero-order valence-electron chi connectivity index (χ0n) is 17.0. The molecule has 0 saturated heterocycles. The number of benzene rings is 3. The molecule has 0 aromatic heterocycles. The van der Waals surface area contributed by atoms with Crippen molar-refractivity contribution < 1.29 is 17.9 Å². The van der Waals surface area contributed by atoms with Gasteiger partial charge in [0, 0.05) is 10.7 Å². The molecule has 1 N–H and O–H groups in total. The molecule has 3 aromatic rings. The number of anilines is 2. The van der Waals surface area contributed by atoms with Crippen LogP contribution in [0.3, 0.4) is 0 Å². The van der Waals surface area contributed by atoms with E-state index in [2.05, 4.69) is 5.32 Å². The van der Waals surface area contributed by atoms with Gasteiger partial charge in [-0.15, -0.1) is 0 Å². The Morgan fingerprint density at radius 3 is 2.26 bits per heavy atom. The number of carbonyl (C=O) groups excluding carboxylic acids is 1. The van der Waals surface area contributed by atoms with Crippen LogP contribution in [0.25, 0.3) is 0 Å². The second kappa shape index (κ2) is 8.24. The zero-order chi connectivity index (χ0) is 22.2. The van der Waals surface area contributed by atoms with Crippen molar-refractivity contribution in [1.82, 2.24) is 0 Å². The summed E-state index contributed by atoms with van der Waals surface area (Å²) in [5.41, 5.74) is 2.91. The van der Waals surface area contributed by atoms with E-state index in [9.17, 15) is 13.2 Å². The van der Waals surface area contributed by atoms with E-state index < -0.39 is 22.0 Å². The summed E-state index contributed by atoms with van der Waals surface area (Å²) in [6.07, 6.45) is -1.03. The average Bonchev–Trinajstić information content (AvgIpc) is 2.74. The number of hydrogen-bond donors (Lipinski definition) is 1. The number of aryl methyl sites for hydroxylation is 2. The second-order valence-corrected chi connectivity index (χ2v) is 9.72. The summed E-state index contributed by atoms with van der Waals surface area (Å²) in [7, 11) is -3.94. The number of amides is 1. The maximum Gasteiger partial charge on any atom is 0.267 e. The summed E-state index contributed by atoms with van der Waals surface area (Å²) in [5, 5.41) is 3.16. The first-order chi connectivity index (χ1) is 14.7. The van der Waals surface area contributed by atoms with E-state index >= 15 is 0 Å². The van der Waals surface area contributed by atoms with Gasteiger partial charge >= 0.3 is 0 Å². The van der Waals surface area contributed by atoms with E-state index in [0.29, 0.717) is 16.4 Å². The van der Waals surface area contributed by atoms with E-state index in [1.54, 1.807) is 48.5 Å². The molecule has 0 saturated carbocycles. The molecule has 0 radical (unpaired) electrons. The standard InChI is InChI=1S/C23H21ClN2O4S/c1-15-3-8-18(9-4-15)25-23(27)22-14-26(20-13-17(24)7-12-21(20)30-22)31(28,29)19-10-5-16(2)6-11-19/h3-13,22H,14H2,1-2H3,(H,25,27). The minimum atomic E-state index is -3.94. The summed E-state index contributed by atoms with van der Waals surface area (Å²) in [5.74, 6) is -0.163. The van der Waals surface area contributed by atoms with Crippen LogP contribution >= 0.6 is 11.6 Å². The fraction of sp³-hybridized carbons (Fsp3) is 0.174. The van der Waals surface area contributed by atoms with Crippen LogP contribution in [0.15, 0.2) is 71.6 Å². The largest absolute Gasteiger partial charge is 0.476 e. The maximum atomic E-state index is 13.4. The molecule has 1 aliphatic rings. The Balaban J connectivity index is 1.69. The highest BCUT2D eigenvalue weighted by Crippen LogP contribution is 2.39. The number of ether oxygens (including phenoxy) is 1. The number of sulfonamides is 1. The van der Waals surface area contributed by atoms with Crippen LogP contribution < -0.4 is 14.4 Å². The summed E-state index contributed by atoms with van der Waals surface area (Å²) >= 11 is 6.12. The van der Waals surface area contributed by atoms with Crippen molar-refractivity contribution in [2.24, 2.45) is 0 Å². The smallest absolute Gasteiger partial charge is 0.267 e. The Bertz CT molecular complexity index is 1230. The molecule has 6 nitrogen and oxygen atoms in total. The molecule has 0 fully saturated rings. The molecule has 31 heavy (non-hydrogen) atoms. The molecular weight excluding hydrogens is 436 g/mol. The summed E-state index contributed by atoms with van der Waals surface area (Å²) in [6, 6.07) is 18.6. The monoisotopic (exact) mass is 456 g/mol. The van der Waals surface area contributed by atoms with Crippen LogP contribution in [-0.2, 0) is 14.8 Å². The maximum absolute atomic E-state index is 13.4. The third kappa shape index (κ3) is 4.38. The van der Waals surface area contributed by atoms with Gasteiger partial charge < -0.3 is 10.1 Å². The molecule has 0 spiro atoms. The lowest BCUT2D eigenvalue weighted by atomic mass is 10.2. The summed E-state index contributed by atoms with van der Waals surface area (Å²) in [6.45, 7) is 3.65. The number of halogens is 1. The number of hydrogen-bond acceptors (Lipinski definition) is 4. The fourth-order valence-electron chi connectivity index (χ4n) is 3.29. The van der Waals surface area contributed by atoms with Crippen molar-refractivity contribution in [3.63, 3.8) is 0 Å². The highest BCUT2D eigenvalue weighted by molar-refractivity contribution is 7.92. The Morgan fingerprint density at radius 2 is 1.61 bits per heavy atom. The third-order valence-electron chi connectivity index (χ3n) is 5.01. The van der Waals surface area contributed by atoms with Crippen LogP contribution in [0.4, 0.5) is 11.4 Å². The van der Waals surface area contributed by atoms with E-state index in [4.69, 9.17) is 16.3 Å². The van der Waals surface area contributed by atoms with Crippen LogP contribution in [0.1, 0.15) is 11.1 Å². The Labute approximate surface area is 186 Å². The number of carbonyl (C=O) groups is 1. The number of nitrogens with one attached hydrogen (secondary N) is 1. The lowest BCUT2D eigenvalue weighted by Crippen LogP contribution is -2.48. The van der Waals surface area contributed by atoms with E-state index in [1.165, 1.54) is 10.4 Å². The van der Waals surface area contributed by atoms with E-state index in [1.807, 2.05) is 26.0 Å². The number of nitrogens with zero attached hydrogens (tertiary/aromatic N) is 1. The van der Waals surface area contributed by atoms with Gasteiger partial charge in [0.2, 0.25) is 0 Å². The first-order valence-electron chi connectivity index (χ1n) is 9.67. The van der Waals surface area contributed by atoms with Gasteiger partial charge in [-0.3, -0.25) is 9.10 Å². The molecule has 0 aliphatic carbocycles. The van der Waals surface area contributed by atoms with Crippen molar-refractivity contribution in [2.45, 2.75) is 24.8 Å². The average molecular weight is 457 g/mol. The van der Waals surface area contributed by atoms with Gasteiger partial charge in [-0.05, 0) is 56.3 Å². The van der Waals surface area contributed by atoms with Crippen LogP contribution in [0.5, 0.6) is 5.75 Å². The van der Waals surface area contributed by atoms with Crippen LogP contribution in [-0.4, -0.2) is 27.0 Å². The van der Waals surface area contributed by atoms with Gasteiger partial charge in [0.15, 0.2) is 6.10 Å². The molecule has 160 valence electrons. The first-order valence-corrected chi connectivity index (χ1v) is 11.5. The molecular formula is C23H21ClN2O4S. The molecule has 1 aliphatic heterocycles. The van der Waals surface area contributed by atoms with Crippen molar-refractivity contribution in [3.05, 3.63) is 82.9 Å². The second-order valence-electron chi connectivity index (χ2n) is 7.42. The molecule has 8 heteroatoms. The van der Waals surface area contributed by atoms with Crippen molar-refractivity contribution >= 4 is 38.9 Å². The quantitative estimate of drug-likeness (QED) is 0.624. The normalized spacial score (nSPS) is 15.7. The lowest BCUT2D eigenvalue weighted by molar-refractivity contribution is -0.122. The summed E-state index contributed by atoms with van der Waals surface area (Å²) in [4.78, 5) is 13.0. The van der Waals surface area contributed by atoms with Crippen molar-refractivity contribution in [1.29, 1.82) is 0 Å². The molecule has 4 rings (SSSR count). The minimum absolute atomic E-state index is 0.128. The predicted octanol–water partition coefficient (Wildman–Crippen LogP) is 4.55. The lowest BCUT2D eigenvalue weighted by Gasteiger charge is -2.34. The van der Waals surface area contributed by atoms with Gasteiger partial charge in [0.1, 0.15) is 5.75 Å². The van der Waals surface area contributed by atoms with Gasteiger partial charge in [-0.25, -0.2) is 8.42 Å². The minimum Gasteiger partial charge on any atom is -0.476 e. The van der Waals surface area contributed by atoms with Crippen LogP contribution in [0.2, 0.25) is 5.02 Å². The Kier molecular flexibility index (Phi) is 5.64. The highest BCUT2D eigenvalue weighted by atomic mass is 35.5. The molecule has 3 aromatic carbocycles. The molecule has 1 heterocycles. The van der Waals surface area contributed by atoms with Crippen LogP contribution in [0, 0.1) is 13.8 Å². The van der Waals surface area contributed by atoms with Crippen molar-refractivity contribution in [2.75, 3.05) is 16.2 Å². The summed E-state index contributed by atoms with van der Waals surface area (Å²) < 4.78 is 33.9. The Hall–Kier alpha value is -3.03. The third-order valence-corrected chi connectivity index (χ3v) is 7.04. The van der Waals surface area contributed by atoms with Gasteiger partial charge in [-0.1, -0.05) is 47.0 Å². The predicted molar refractivity (Wildman–Crippen MR) is 121 cm³/mol. The van der Waals surface area contributed by atoms with E-state index in [0.717, 1.165) is 11.1 Å². The van der Waals surface area contributed by atoms with Gasteiger partial charge in [-0.2, -0.15) is 0 Å². The number of rotatable bonds is 4.